The number of hydrazone groups is 1. The molecule has 0 fully saturated rings. The van der Waals surface area contributed by atoms with E-state index in [1.807, 2.05) is 0 Å². The SMILES string of the molecule is Oc1c(Cl)cc(Cl)cc1/C=N/Nc1c(F)c(F)c(C(F)(F)F)c(F)c1F. The zero-order valence-corrected chi connectivity index (χ0v) is 13.5. The second-order valence-electron chi connectivity index (χ2n) is 4.70. The molecule has 2 rings (SSSR count). The lowest BCUT2D eigenvalue weighted by Crippen LogP contribution is -2.16. The first-order chi connectivity index (χ1) is 11.9. The summed E-state index contributed by atoms with van der Waals surface area (Å²) in [5.74, 6) is -10.5. The number of nitrogens with one attached hydrogen (secondary N) is 1. The Kier molecular flexibility index (Phi) is 5.57. The number of halogens is 9. The van der Waals surface area contributed by atoms with Crippen LogP contribution < -0.4 is 5.43 Å². The Balaban J connectivity index is 2.43. The smallest absolute Gasteiger partial charge is 0.422 e. The maximum Gasteiger partial charge on any atom is 0.422 e. The Morgan fingerprint density at radius 1 is 0.962 bits per heavy atom. The van der Waals surface area contributed by atoms with Gasteiger partial charge in [0.15, 0.2) is 23.3 Å². The van der Waals surface area contributed by atoms with Crippen LogP contribution in [-0.4, -0.2) is 11.3 Å². The van der Waals surface area contributed by atoms with Crippen LogP contribution in [0.25, 0.3) is 0 Å². The van der Waals surface area contributed by atoms with Gasteiger partial charge in [0.25, 0.3) is 0 Å². The van der Waals surface area contributed by atoms with Gasteiger partial charge < -0.3 is 5.11 Å². The molecule has 0 saturated carbocycles. The maximum atomic E-state index is 13.7. The number of hydrogen-bond donors (Lipinski definition) is 2. The average Bonchev–Trinajstić information content (AvgIpc) is 2.52. The number of aromatic hydroxyl groups is 1. The number of phenols is 1. The number of nitrogens with zero attached hydrogens (tertiary/aromatic N) is 1. The second-order valence-corrected chi connectivity index (χ2v) is 5.54. The van der Waals surface area contributed by atoms with Gasteiger partial charge in [-0.25, -0.2) is 17.6 Å². The monoisotopic (exact) mass is 420 g/mol. The molecule has 12 heteroatoms. The molecule has 0 aliphatic carbocycles. The van der Waals surface area contributed by atoms with E-state index in [9.17, 15) is 35.8 Å². The minimum absolute atomic E-state index is 0.0539. The Labute approximate surface area is 150 Å². The molecule has 3 nitrogen and oxygen atoms in total. The molecule has 0 spiro atoms. The van der Waals surface area contributed by atoms with Gasteiger partial charge in [0, 0.05) is 10.6 Å². The molecule has 0 heterocycles. The van der Waals surface area contributed by atoms with E-state index in [2.05, 4.69) is 5.10 Å². The van der Waals surface area contributed by atoms with Gasteiger partial charge in [-0.05, 0) is 12.1 Å². The molecule has 140 valence electrons. The number of benzene rings is 2. The van der Waals surface area contributed by atoms with Crippen LogP contribution in [0.2, 0.25) is 10.0 Å². The molecule has 0 bridgehead atoms. The van der Waals surface area contributed by atoms with Gasteiger partial charge in [0.2, 0.25) is 0 Å². The zero-order chi connectivity index (χ0) is 19.8. The standard InChI is InChI=1S/C14H5Cl2F7N2O/c15-5-1-4(13(26)6(16)2-5)3-24-25-12-10(19)8(17)7(14(21,22)23)9(18)11(12)20/h1-3,25-26H/b24-3+. The maximum absolute atomic E-state index is 13.7. The normalized spacial score (nSPS) is 12.0. The lowest BCUT2D eigenvalue weighted by Gasteiger charge is -2.13. The highest BCUT2D eigenvalue weighted by atomic mass is 35.5. The lowest BCUT2D eigenvalue weighted by atomic mass is 10.1. The van der Waals surface area contributed by atoms with Crippen molar-refractivity contribution in [3.63, 3.8) is 0 Å². The van der Waals surface area contributed by atoms with Crippen molar-refractivity contribution in [2.45, 2.75) is 6.18 Å². The quantitative estimate of drug-likeness (QED) is 0.288. The third-order valence-electron chi connectivity index (χ3n) is 2.98. The van der Waals surface area contributed by atoms with Gasteiger partial charge in [-0.3, -0.25) is 5.43 Å². The Hall–Kier alpha value is -2.20. The highest BCUT2D eigenvalue weighted by molar-refractivity contribution is 6.36. The molecule has 0 unspecified atom stereocenters. The van der Waals surface area contributed by atoms with Crippen molar-refractivity contribution in [2.75, 3.05) is 5.43 Å². The highest BCUT2D eigenvalue weighted by Crippen LogP contribution is 2.38. The fourth-order valence-corrected chi connectivity index (χ4v) is 2.34. The largest absolute Gasteiger partial charge is 0.506 e. The Morgan fingerprint density at radius 2 is 1.50 bits per heavy atom. The molecule has 2 N–H and O–H groups in total. The lowest BCUT2D eigenvalue weighted by molar-refractivity contribution is -0.143. The van der Waals surface area contributed by atoms with Crippen molar-refractivity contribution in [2.24, 2.45) is 5.10 Å². The summed E-state index contributed by atoms with van der Waals surface area (Å²) in [6.07, 6.45) is -4.93. The van der Waals surface area contributed by atoms with E-state index in [1.165, 1.54) is 11.5 Å². The van der Waals surface area contributed by atoms with Gasteiger partial charge in [-0.1, -0.05) is 23.2 Å². The molecule has 0 amide bonds. The van der Waals surface area contributed by atoms with Crippen LogP contribution in [-0.2, 0) is 6.18 Å². The minimum atomic E-state index is -5.65. The van der Waals surface area contributed by atoms with Crippen molar-refractivity contribution >= 4 is 35.1 Å². The van der Waals surface area contributed by atoms with Crippen LogP contribution >= 0.6 is 23.2 Å². The number of alkyl halides is 3. The van der Waals surface area contributed by atoms with Gasteiger partial charge in [0.05, 0.1) is 11.2 Å². The Bertz CT molecular complexity index is 871. The van der Waals surface area contributed by atoms with E-state index in [1.54, 1.807) is 0 Å². The third-order valence-corrected chi connectivity index (χ3v) is 3.49. The summed E-state index contributed by atoms with van der Waals surface area (Å²) < 4.78 is 91.7. The fraction of sp³-hybridized carbons (Fsp3) is 0.0714. The summed E-state index contributed by atoms with van der Waals surface area (Å²) in [7, 11) is 0. The zero-order valence-electron chi connectivity index (χ0n) is 12.0. The first kappa shape index (κ1) is 20.1. The van der Waals surface area contributed by atoms with Crippen molar-refractivity contribution in [3.05, 3.63) is 56.6 Å². The summed E-state index contributed by atoms with van der Waals surface area (Å²) in [4.78, 5) is 0. The van der Waals surface area contributed by atoms with Gasteiger partial charge in [-0.15, -0.1) is 0 Å². The summed E-state index contributed by atoms with van der Waals surface area (Å²) in [5.41, 5.74) is -2.93. The highest BCUT2D eigenvalue weighted by Gasteiger charge is 2.42. The molecule has 26 heavy (non-hydrogen) atoms. The van der Waals surface area contributed by atoms with E-state index in [0.717, 1.165) is 12.3 Å². The minimum Gasteiger partial charge on any atom is -0.506 e. The molecule has 0 atom stereocenters. The van der Waals surface area contributed by atoms with E-state index in [0.29, 0.717) is 0 Å². The number of anilines is 1. The van der Waals surface area contributed by atoms with E-state index in [-0.39, 0.29) is 15.6 Å². The molecular formula is C14H5Cl2F7N2O. The summed E-state index contributed by atoms with van der Waals surface area (Å²) in [5, 5.41) is 12.7. The summed E-state index contributed by atoms with van der Waals surface area (Å²) >= 11 is 11.3. The molecule has 0 radical (unpaired) electrons. The number of rotatable bonds is 3. The van der Waals surface area contributed by atoms with E-state index in [4.69, 9.17) is 23.2 Å². The summed E-state index contributed by atoms with van der Waals surface area (Å²) in [6.45, 7) is 0. The molecule has 2 aromatic rings. The van der Waals surface area contributed by atoms with Crippen molar-refractivity contribution in [1.29, 1.82) is 0 Å². The van der Waals surface area contributed by atoms with Crippen molar-refractivity contribution in [3.8, 4) is 5.75 Å². The molecule has 0 aliphatic rings. The first-order valence-electron chi connectivity index (χ1n) is 6.35. The van der Waals surface area contributed by atoms with Crippen LogP contribution in [0.4, 0.5) is 36.4 Å². The van der Waals surface area contributed by atoms with Crippen LogP contribution in [0.5, 0.6) is 5.75 Å². The fourth-order valence-electron chi connectivity index (χ4n) is 1.83. The molecule has 0 aliphatic heterocycles. The molecular weight excluding hydrogens is 416 g/mol. The molecule has 2 aromatic carbocycles. The van der Waals surface area contributed by atoms with E-state index >= 15 is 0 Å². The number of hydrogen-bond acceptors (Lipinski definition) is 3. The van der Waals surface area contributed by atoms with Crippen LogP contribution in [0.1, 0.15) is 11.1 Å². The van der Waals surface area contributed by atoms with Gasteiger partial charge in [-0.2, -0.15) is 18.3 Å². The van der Waals surface area contributed by atoms with Crippen molar-refractivity contribution in [1.82, 2.24) is 0 Å². The average molecular weight is 421 g/mol. The third kappa shape index (κ3) is 3.80. The number of phenolic OH excluding ortho intramolecular Hbond substituents is 1. The summed E-state index contributed by atoms with van der Waals surface area (Å²) in [6, 6.07) is 2.30. The van der Waals surface area contributed by atoms with Gasteiger partial charge >= 0.3 is 6.18 Å². The predicted molar refractivity (Wildman–Crippen MR) is 80.6 cm³/mol. The van der Waals surface area contributed by atoms with Crippen LogP contribution in [0.15, 0.2) is 17.2 Å². The van der Waals surface area contributed by atoms with Crippen LogP contribution in [0, 0.1) is 23.3 Å². The topological polar surface area (TPSA) is 44.6 Å². The molecule has 0 aromatic heterocycles. The Morgan fingerprint density at radius 3 is 2.00 bits per heavy atom. The second kappa shape index (κ2) is 7.20. The van der Waals surface area contributed by atoms with Crippen molar-refractivity contribution < 1.29 is 35.8 Å². The van der Waals surface area contributed by atoms with E-state index < -0.39 is 46.4 Å². The van der Waals surface area contributed by atoms with Gasteiger partial charge in [0.1, 0.15) is 17.0 Å². The molecule has 0 saturated heterocycles. The first-order valence-corrected chi connectivity index (χ1v) is 7.11. The van der Waals surface area contributed by atoms with Crippen LogP contribution in [0.3, 0.4) is 0 Å². The predicted octanol–water partition coefficient (Wildman–Crippen LogP) is 5.72.